The molecule has 6 heteroatoms. The van der Waals surface area contributed by atoms with E-state index in [4.69, 9.17) is 0 Å². The quantitative estimate of drug-likeness (QED) is 0.500. The van der Waals surface area contributed by atoms with Crippen LogP contribution in [0.25, 0.3) is 0 Å². The van der Waals surface area contributed by atoms with Gasteiger partial charge in [-0.3, -0.25) is 0 Å². The molecule has 8 fully saturated rings. The minimum absolute atomic E-state index is 0.778. The van der Waals surface area contributed by atoms with Crippen molar-refractivity contribution in [3.05, 3.63) is 0 Å². The third-order valence-electron chi connectivity index (χ3n) is 10.6. The van der Waals surface area contributed by atoms with Gasteiger partial charge >= 0.3 is 0 Å². The van der Waals surface area contributed by atoms with Crippen LogP contribution in [0, 0.1) is 17.8 Å². The van der Waals surface area contributed by atoms with Crippen LogP contribution in [0.5, 0.6) is 0 Å². The van der Waals surface area contributed by atoms with Crippen molar-refractivity contribution >= 4 is 0 Å². The van der Waals surface area contributed by atoms with E-state index in [1.165, 1.54) is 150 Å². The Labute approximate surface area is 244 Å². The maximum absolute atomic E-state index is 2.76. The highest BCUT2D eigenvalue weighted by molar-refractivity contribution is 4.84. The van der Waals surface area contributed by atoms with Crippen molar-refractivity contribution < 1.29 is 0 Å². The average molecular weight is 549 g/mol. The van der Waals surface area contributed by atoms with Gasteiger partial charge in [-0.2, -0.15) is 0 Å². The zero-order valence-electron chi connectivity index (χ0n) is 27.3. The highest BCUT2D eigenvalue weighted by atomic mass is 15.3. The first-order valence-corrected chi connectivity index (χ1v) is 17.4. The predicted molar refractivity (Wildman–Crippen MR) is 170 cm³/mol. The van der Waals surface area contributed by atoms with Crippen LogP contribution in [0.4, 0.5) is 0 Å². The molecule has 0 amide bonds. The summed E-state index contributed by atoms with van der Waals surface area (Å²) < 4.78 is 0. The molecule has 0 radical (unpaired) electrons. The minimum Gasteiger partial charge on any atom is -0.303 e. The molecule has 8 aliphatic heterocycles. The first kappa shape index (κ1) is 33.3. The number of hydrogen-bond acceptors (Lipinski definition) is 6. The van der Waals surface area contributed by atoms with Gasteiger partial charge < -0.3 is 29.4 Å². The second-order valence-electron chi connectivity index (χ2n) is 13.1. The van der Waals surface area contributed by atoms with Crippen molar-refractivity contribution in [2.24, 2.45) is 17.8 Å². The van der Waals surface area contributed by atoms with Crippen LogP contribution < -0.4 is 0 Å². The Morgan fingerprint density at radius 1 is 0.564 bits per heavy atom. The van der Waals surface area contributed by atoms with Gasteiger partial charge in [0.1, 0.15) is 0 Å². The third-order valence-corrected chi connectivity index (χ3v) is 10.6. The van der Waals surface area contributed by atoms with E-state index in [-0.39, 0.29) is 0 Å². The van der Waals surface area contributed by atoms with E-state index in [9.17, 15) is 0 Å². The van der Waals surface area contributed by atoms with E-state index in [0.29, 0.717) is 0 Å². The number of nitrogens with zero attached hydrogens (tertiary/aromatic N) is 6. The molecule has 0 saturated carbocycles. The van der Waals surface area contributed by atoms with Gasteiger partial charge in [-0.15, -0.1) is 0 Å². The lowest BCUT2D eigenvalue weighted by Gasteiger charge is -2.39. The maximum atomic E-state index is 2.76. The van der Waals surface area contributed by atoms with Crippen molar-refractivity contribution in [2.45, 2.75) is 86.1 Å². The van der Waals surface area contributed by atoms with Crippen LogP contribution in [0.3, 0.4) is 0 Å². The fourth-order valence-corrected chi connectivity index (χ4v) is 7.45. The summed E-state index contributed by atoms with van der Waals surface area (Å²) in [6, 6.07) is 0.778. The monoisotopic (exact) mass is 549 g/mol. The highest BCUT2D eigenvalue weighted by Gasteiger charge is 2.29. The number of likely N-dealkylation sites (N-methyl/N-ethyl adjacent to an activating group) is 1. The zero-order chi connectivity index (χ0) is 28.0. The summed E-state index contributed by atoms with van der Waals surface area (Å²) in [7, 11) is 0. The molecule has 0 aliphatic carbocycles. The Morgan fingerprint density at radius 3 is 1.74 bits per heavy atom. The Balaban J connectivity index is 0.000000203. The molecule has 8 saturated heterocycles. The molecular formula is C33H68N6. The number of piperidine rings is 2. The molecule has 8 heterocycles. The van der Waals surface area contributed by atoms with Gasteiger partial charge in [0.15, 0.2) is 0 Å². The van der Waals surface area contributed by atoms with E-state index in [2.05, 4.69) is 57.1 Å². The lowest BCUT2D eigenvalue weighted by atomic mass is 9.92. The first-order chi connectivity index (χ1) is 19.0. The molecule has 4 bridgehead atoms. The smallest absolute Gasteiger partial charge is 0.0110 e. The summed E-state index contributed by atoms with van der Waals surface area (Å²) in [6.07, 6.45) is 8.39. The van der Waals surface area contributed by atoms with Crippen molar-refractivity contribution in [1.29, 1.82) is 0 Å². The Kier molecular flexibility index (Phi) is 15.6. The molecule has 8 aliphatic rings. The van der Waals surface area contributed by atoms with E-state index in [0.717, 1.165) is 23.8 Å². The summed E-state index contributed by atoms with van der Waals surface area (Å²) in [4.78, 5) is 16.1. The largest absolute Gasteiger partial charge is 0.303 e. The molecule has 0 spiro atoms. The lowest BCUT2D eigenvalue weighted by Crippen LogP contribution is -2.48. The Morgan fingerprint density at radius 2 is 1.15 bits per heavy atom. The van der Waals surface area contributed by atoms with Crippen LogP contribution >= 0.6 is 0 Å². The highest BCUT2D eigenvalue weighted by Crippen LogP contribution is 2.25. The number of hydrogen-bond donors (Lipinski definition) is 0. The summed E-state index contributed by atoms with van der Waals surface area (Å²) in [5.74, 6) is 2.77. The van der Waals surface area contributed by atoms with Crippen molar-refractivity contribution in [3.8, 4) is 0 Å². The van der Waals surface area contributed by atoms with Gasteiger partial charge in [-0.25, -0.2) is 0 Å². The molecule has 0 aromatic rings. The first-order valence-electron chi connectivity index (χ1n) is 17.4. The van der Waals surface area contributed by atoms with Gasteiger partial charge in [0.05, 0.1) is 0 Å². The topological polar surface area (TPSA) is 19.4 Å². The summed E-state index contributed by atoms with van der Waals surface area (Å²) in [6.45, 7) is 35.8. The molecule has 6 nitrogen and oxygen atoms in total. The van der Waals surface area contributed by atoms with Gasteiger partial charge in [-0.05, 0) is 109 Å². The molecule has 0 aromatic carbocycles. The van der Waals surface area contributed by atoms with Crippen molar-refractivity contribution in [3.63, 3.8) is 0 Å². The zero-order valence-corrected chi connectivity index (χ0v) is 27.3. The fourth-order valence-electron chi connectivity index (χ4n) is 7.45. The standard InChI is InChI=1S/C16H31N3.C15H31N3.C2H6/c1-14-3-6-17-9-11-18(12-10-17)13-16-4-7-19(8-5-16)15(14)2;1-3-7-17-8-5-15(6-9-17)14-18-12-10-16(4-2)11-13-18;1-2/h14-16H,3-13H2,1-2H3;15H,3-14H2,1-2H3;1-2H3. The molecule has 39 heavy (non-hydrogen) atoms. The molecule has 2 unspecified atom stereocenters. The lowest BCUT2D eigenvalue weighted by molar-refractivity contribution is 0.0895. The Bertz CT molecular complexity index is 599. The van der Waals surface area contributed by atoms with Gasteiger partial charge in [0.2, 0.25) is 0 Å². The van der Waals surface area contributed by atoms with E-state index in [1.54, 1.807) is 0 Å². The van der Waals surface area contributed by atoms with E-state index in [1.807, 2.05) is 13.8 Å². The van der Waals surface area contributed by atoms with Crippen LogP contribution in [0.2, 0.25) is 0 Å². The van der Waals surface area contributed by atoms with Crippen LogP contribution in [-0.4, -0.2) is 147 Å². The molecule has 8 rings (SSSR count). The van der Waals surface area contributed by atoms with Gasteiger partial charge in [0.25, 0.3) is 0 Å². The molecular weight excluding hydrogens is 480 g/mol. The molecule has 0 N–H and O–H groups in total. The van der Waals surface area contributed by atoms with Crippen LogP contribution in [-0.2, 0) is 0 Å². The summed E-state index contributed by atoms with van der Waals surface area (Å²) >= 11 is 0. The molecule has 2 atom stereocenters. The van der Waals surface area contributed by atoms with Gasteiger partial charge in [-0.1, -0.05) is 34.6 Å². The fraction of sp³-hybridized carbons (Fsp3) is 1.00. The molecule has 230 valence electrons. The predicted octanol–water partition coefficient (Wildman–Crippen LogP) is 4.52. The number of piperazine rings is 2. The summed E-state index contributed by atoms with van der Waals surface area (Å²) in [5, 5.41) is 0. The number of likely N-dealkylation sites (tertiary alicyclic amines) is 1. The van der Waals surface area contributed by atoms with Crippen LogP contribution in [0.1, 0.15) is 80.1 Å². The summed E-state index contributed by atoms with van der Waals surface area (Å²) in [5.41, 5.74) is 0. The van der Waals surface area contributed by atoms with Crippen molar-refractivity contribution in [1.82, 2.24) is 29.4 Å². The second kappa shape index (κ2) is 18.3. The second-order valence-corrected chi connectivity index (χ2v) is 13.1. The third kappa shape index (κ3) is 11.2. The Hall–Kier alpha value is -0.240. The SMILES string of the molecule is CC.CC1CCN2CCN(CC2)CC2CCN(CC2)C1C.CCCN1CCC(CN2CCN(CC)CC2)CC1. The van der Waals surface area contributed by atoms with Gasteiger partial charge in [0, 0.05) is 71.5 Å². The van der Waals surface area contributed by atoms with Crippen LogP contribution in [0.15, 0.2) is 0 Å². The maximum Gasteiger partial charge on any atom is 0.0110 e. The van der Waals surface area contributed by atoms with E-state index >= 15 is 0 Å². The number of rotatable bonds is 5. The normalized spacial score (nSPS) is 35.5. The minimum atomic E-state index is 0.778. The van der Waals surface area contributed by atoms with Crippen molar-refractivity contribution in [2.75, 3.05) is 111 Å². The average Bonchev–Trinajstić information content (AvgIpc) is 3.02. The molecule has 0 aromatic heterocycles. The van der Waals surface area contributed by atoms with E-state index < -0.39 is 0 Å².